The Morgan fingerprint density at radius 2 is 2.14 bits per heavy atom. The molecule has 1 amide bonds. The number of anilines is 1. The normalized spacial score (nSPS) is 16.1. The zero-order chi connectivity index (χ0) is 20.4. The van der Waals surface area contributed by atoms with Gasteiger partial charge in [-0.25, -0.2) is 9.97 Å². The average molecular weight is 413 g/mol. The number of thiophene rings is 1. The van der Waals surface area contributed by atoms with E-state index >= 15 is 0 Å². The monoisotopic (exact) mass is 412 g/mol. The number of carbonyl (C=O) groups is 1. The van der Waals surface area contributed by atoms with Crippen molar-refractivity contribution in [1.82, 2.24) is 15.3 Å². The summed E-state index contributed by atoms with van der Waals surface area (Å²) in [4.78, 5) is 25.9. The fourth-order valence-electron chi connectivity index (χ4n) is 4.25. The highest BCUT2D eigenvalue weighted by Gasteiger charge is 2.25. The topological polar surface area (TPSA) is 71.3 Å². The quantitative estimate of drug-likeness (QED) is 0.634. The molecule has 1 aliphatic rings. The first-order valence-electron chi connectivity index (χ1n) is 10.3. The smallest absolute Gasteiger partial charge is 0.261 e. The van der Waals surface area contributed by atoms with Gasteiger partial charge in [0, 0.05) is 25.6 Å². The van der Waals surface area contributed by atoms with Crippen LogP contribution in [-0.2, 0) is 6.42 Å². The van der Waals surface area contributed by atoms with E-state index in [0.717, 1.165) is 27.4 Å². The summed E-state index contributed by atoms with van der Waals surface area (Å²) in [5.41, 5.74) is 0.964. The average Bonchev–Trinajstić information content (AvgIpc) is 3.35. The SMILES string of the molecule is Cc1c(C(=O)NC(C)Cc2ccco2)sc2ncnc(N(C)C3CCCCC3)c12. The lowest BCUT2D eigenvalue weighted by atomic mass is 9.94. The van der Waals surface area contributed by atoms with Crippen LogP contribution in [0, 0.1) is 6.92 Å². The Balaban J connectivity index is 1.57. The van der Waals surface area contributed by atoms with E-state index in [1.165, 1.54) is 43.4 Å². The van der Waals surface area contributed by atoms with Gasteiger partial charge in [-0.3, -0.25) is 4.79 Å². The summed E-state index contributed by atoms with van der Waals surface area (Å²) in [6, 6.07) is 4.28. The molecule has 0 aromatic carbocycles. The standard InChI is InChI=1S/C22H28N4O2S/c1-14(12-17-10-7-11-28-17)25-21(27)19-15(2)18-20(23-13-24-22(18)29-19)26(3)16-8-5-4-6-9-16/h7,10-11,13-14,16H,4-6,8-9,12H2,1-3H3,(H,25,27). The summed E-state index contributed by atoms with van der Waals surface area (Å²) in [6.45, 7) is 4.00. The minimum atomic E-state index is -0.0594. The van der Waals surface area contributed by atoms with Gasteiger partial charge >= 0.3 is 0 Å². The lowest BCUT2D eigenvalue weighted by molar-refractivity contribution is 0.0943. The molecule has 1 N–H and O–H groups in total. The summed E-state index contributed by atoms with van der Waals surface area (Å²) >= 11 is 1.45. The van der Waals surface area contributed by atoms with Crippen LogP contribution in [0.4, 0.5) is 5.82 Å². The Bertz CT molecular complexity index is 976. The molecule has 1 saturated carbocycles. The van der Waals surface area contributed by atoms with E-state index in [4.69, 9.17) is 4.42 Å². The molecule has 154 valence electrons. The molecule has 29 heavy (non-hydrogen) atoms. The fraction of sp³-hybridized carbons (Fsp3) is 0.500. The van der Waals surface area contributed by atoms with Crippen molar-refractivity contribution >= 4 is 33.3 Å². The van der Waals surface area contributed by atoms with Gasteiger partial charge in [-0.15, -0.1) is 11.3 Å². The fourth-order valence-corrected chi connectivity index (χ4v) is 5.30. The van der Waals surface area contributed by atoms with Gasteiger partial charge in [-0.2, -0.15) is 0 Å². The summed E-state index contributed by atoms with van der Waals surface area (Å²) in [6.07, 6.45) is 10.2. The number of amides is 1. The molecule has 1 unspecified atom stereocenters. The molecule has 3 heterocycles. The maximum absolute atomic E-state index is 13.0. The number of hydrogen-bond acceptors (Lipinski definition) is 6. The molecule has 4 rings (SSSR count). The molecule has 3 aromatic heterocycles. The highest BCUT2D eigenvalue weighted by atomic mass is 32.1. The maximum atomic E-state index is 13.0. The van der Waals surface area contributed by atoms with Crippen molar-refractivity contribution in [2.45, 2.75) is 64.5 Å². The third-order valence-corrected chi connectivity index (χ3v) is 7.03. The van der Waals surface area contributed by atoms with Crippen LogP contribution in [0.1, 0.15) is 60.0 Å². The number of nitrogens with one attached hydrogen (secondary N) is 1. The second-order valence-corrected chi connectivity index (χ2v) is 8.99. The van der Waals surface area contributed by atoms with Gasteiger partial charge in [0.25, 0.3) is 5.91 Å². The summed E-state index contributed by atoms with van der Waals surface area (Å²) in [5, 5.41) is 4.11. The largest absolute Gasteiger partial charge is 0.469 e. The van der Waals surface area contributed by atoms with Gasteiger partial charge in [-0.1, -0.05) is 19.3 Å². The highest BCUT2D eigenvalue weighted by molar-refractivity contribution is 7.20. The van der Waals surface area contributed by atoms with E-state index in [-0.39, 0.29) is 11.9 Å². The minimum Gasteiger partial charge on any atom is -0.469 e. The van der Waals surface area contributed by atoms with Crippen LogP contribution < -0.4 is 10.2 Å². The zero-order valence-electron chi connectivity index (χ0n) is 17.3. The lowest BCUT2D eigenvalue weighted by Crippen LogP contribution is -2.34. The Labute approximate surface area is 175 Å². The first-order valence-corrected chi connectivity index (χ1v) is 11.2. The van der Waals surface area contributed by atoms with Gasteiger partial charge in [-0.05, 0) is 44.4 Å². The van der Waals surface area contributed by atoms with Gasteiger partial charge in [0.15, 0.2) is 0 Å². The predicted molar refractivity (Wildman–Crippen MR) is 117 cm³/mol. The number of hydrogen-bond donors (Lipinski definition) is 1. The van der Waals surface area contributed by atoms with Crippen molar-refractivity contribution in [3.05, 3.63) is 40.9 Å². The van der Waals surface area contributed by atoms with Gasteiger partial charge < -0.3 is 14.6 Å². The van der Waals surface area contributed by atoms with E-state index in [1.54, 1.807) is 12.6 Å². The van der Waals surface area contributed by atoms with Crippen molar-refractivity contribution in [2.24, 2.45) is 0 Å². The molecule has 0 bridgehead atoms. The molecule has 0 saturated heterocycles. The van der Waals surface area contributed by atoms with Crippen LogP contribution in [0.3, 0.4) is 0 Å². The van der Waals surface area contributed by atoms with Crippen LogP contribution >= 0.6 is 11.3 Å². The van der Waals surface area contributed by atoms with Crippen molar-refractivity contribution in [1.29, 1.82) is 0 Å². The first-order chi connectivity index (χ1) is 14.0. The Hall–Kier alpha value is -2.41. The van der Waals surface area contributed by atoms with Crippen LogP contribution in [0.5, 0.6) is 0 Å². The second kappa shape index (κ2) is 8.53. The number of furan rings is 1. The van der Waals surface area contributed by atoms with Crippen molar-refractivity contribution < 1.29 is 9.21 Å². The summed E-state index contributed by atoms with van der Waals surface area (Å²) in [5.74, 6) is 1.75. The molecule has 7 heteroatoms. The van der Waals surface area contributed by atoms with Crippen LogP contribution in [-0.4, -0.2) is 35.0 Å². The number of nitrogens with zero attached hydrogens (tertiary/aromatic N) is 3. The summed E-state index contributed by atoms with van der Waals surface area (Å²) < 4.78 is 5.39. The number of carbonyl (C=O) groups excluding carboxylic acids is 1. The van der Waals surface area contributed by atoms with Crippen molar-refractivity contribution in [3.8, 4) is 0 Å². The molecular formula is C22H28N4O2S. The summed E-state index contributed by atoms with van der Waals surface area (Å²) in [7, 11) is 2.13. The molecule has 1 atom stereocenters. The van der Waals surface area contributed by atoms with E-state index in [2.05, 4.69) is 27.2 Å². The molecule has 0 radical (unpaired) electrons. The second-order valence-electron chi connectivity index (χ2n) is 7.99. The molecule has 3 aromatic rings. The number of aromatic nitrogens is 2. The number of fused-ring (bicyclic) bond motifs is 1. The molecule has 1 fully saturated rings. The molecule has 1 aliphatic carbocycles. The third kappa shape index (κ3) is 4.15. The highest BCUT2D eigenvalue weighted by Crippen LogP contribution is 2.36. The van der Waals surface area contributed by atoms with Gasteiger partial charge in [0.05, 0.1) is 16.5 Å². The Morgan fingerprint density at radius 3 is 2.86 bits per heavy atom. The predicted octanol–water partition coefficient (Wildman–Crippen LogP) is 4.72. The Morgan fingerprint density at radius 1 is 1.34 bits per heavy atom. The van der Waals surface area contributed by atoms with E-state index in [9.17, 15) is 4.79 Å². The minimum absolute atomic E-state index is 0.0197. The van der Waals surface area contributed by atoms with E-state index in [0.29, 0.717) is 17.3 Å². The Kier molecular flexibility index (Phi) is 5.85. The van der Waals surface area contributed by atoms with Gasteiger partial charge in [0.2, 0.25) is 0 Å². The molecular weight excluding hydrogens is 384 g/mol. The first kappa shape index (κ1) is 19.9. The van der Waals surface area contributed by atoms with Gasteiger partial charge in [0.1, 0.15) is 22.7 Å². The third-order valence-electron chi connectivity index (χ3n) is 5.83. The number of rotatable bonds is 6. The van der Waals surface area contributed by atoms with Crippen molar-refractivity contribution in [3.63, 3.8) is 0 Å². The zero-order valence-corrected chi connectivity index (χ0v) is 18.1. The van der Waals surface area contributed by atoms with Crippen LogP contribution in [0.2, 0.25) is 0 Å². The van der Waals surface area contributed by atoms with Crippen LogP contribution in [0.15, 0.2) is 29.1 Å². The lowest BCUT2D eigenvalue weighted by Gasteiger charge is -2.32. The van der Waals surface area contributed by atoms with E-state index < -0.39 is 0 Å². The van der Waals surface area contributed by atoms with E-state index in [1.807, 2.05) is 26.0 Å². The molecule has 0 aliphatic heterocycles. The van der Waals surface area contributed by atoms with Crippen molar-refractivity contribution in [2.75, 3.05) is 11.9 Å². The van der Waals surface area contributed by atoms with Crippen LogP contribution in [0.25, 0.3) is 10.2 Å². The number of aryl methyl sites for hydroxylation is 1. The molecule has 6 nitrogen and oxygen atoms in total. The maximum Gasteiger partial charge on any atom is 0.261 e. The molecule has 0 spiro atoms.